The second-order valence-electron chi connectivity index (χ2n) is 5.72. The van der Waals surface area contributed by atoms with E-state index in [1.165, 1.54) is 13.0 Å². The van der Waals surface area contributed by atoms with Gasteiger partial charge in [-0.15, -0.1) is 0 Å². The molecule has 0 aromatic heterocycles. The number of aryl methyl sites for hydroxylation is 1. The second-order valence-corrected chi connectivity index (χ2v) is 7.46. The van der Waals surface area contributed by atoms with Crippen molar-refractivity contribution in [2.24, 2.45) is 0 Å². The van der Waals surface area contributed by atoms with Gasteiger partial charge in [0, 0.05) is 6.54 Å². The van der Waals surface area contributed by atoms with Gasteiger partial charge in [-0.3, -0.25) is 0 Å². The Kier molecular flexibility index (Phi) is 4.94. The van der Waals surface area contributed by atoms with Gasteiger partial charge in [0.05, 0.1) is 11.0 Å². The molecule has 0 saturated heterocycles. The van der Waals surface area contributed by atoms with Crippen molar-refractivity contribution >= 4 is 10.0 Å². The lowest BCUT2D eigenvalue weighted by molar-refractivity contribution is 0.166. The van der Waals surface area contributed by atoms with E-state index in [2.05, 4.69) is 4.72 Å². The van der Waals surface area contributed by atoms with Crippen LogP contribution in [0.15, 0.2) is 41.3 Å². The average Bonchev–Trinajstić information content (AvgIpc) is 3.01. The van der Waals surface area contributed by atoms with Gasteiger partial charge >= 0.3 is 0 Å². The zero-order chi connectivity index (χ0) is 18.0. The molecule has 1 atom stereocenters. The normalized spacial score (nSPS) is 14.5. The molecule has 1 heterocycles. The van der Waals surface area contributed by atoms with Gasteiger partial charge in [-0.1, -0.05) is 6.07 Å². The number of hydrogen-bond donors (Lipinski definition) is 2. The van der Waals surface area contributed by atoms with Gasteiger partial charge in [0.2, 0.25) is 16.8 Å². The molecule has 6 nitrogen and oxygen atoms in total. The number of benzene rings is 2. The third kappa shape index (κ3) is 3.92. The number of halogens is 1. The van der Waals surface area contributed by atoms with Crippen molar-refractivity contribution in [2.45, 2.75) is 24.3 Å². The van der Waals surface area contributed by atoms with Crippen LogP contribution in [0, 0.1) is 12.7 Å². The third-order valence-electron chi connectivity index (χ3n) is 3.92. The average molecular weight is 367 g/mol. The minimum atomic E-state index is -3.77. The van der Waals surface area contributed by atoms with E-state index in [-0.39, 0.29) is 24.7 Å². The standard InChI is InChI=1S/C17H18FNO5S/c1-11-8-13(18)3-5-17(11)25(21,22)19-7-6-14(20)12-2-4-15-16(9-12)24-10-23-15/h2-5,8-9,14,19-20H,6-7,10H2,1H3/t14-/m0/s1. The molecule has 134 valence electrons. The summed E-state index contributed by atoms with van der Waals surface area (Å²) >= 11 is 0. The summed E-state index contributed by atoms with van der Waals surface area (Å²) in [5.41, 5.74) is 0.935. The van der Waals surface area contributed by atoms with E-state index in [0.29, 0.717) is 22.6 Å². The molecule has 0 fully saturated rings. The van der Waals surface area contributed by atoms with Crippen molar-refractivity contribution in [3.63, 3.8) is 0 Å². The van der Waals surface area contributed by atoms with E-state index in [9.17, 15) is 17.9 Å². The zero-order valence-electron chi connectivity index (χ0n) is 13.5. The molecule has 0 spiro atoms. The Bertz CT molecular complexity index is 885. The van der Waals surface area contributed by atoms with Crippen LogP contribution in [0.3, 0.4) is 0 Å². The number of ether oxygens (including phenoxy) is 2. The van der Waals surface area contributed by atoms with Gasteiger partial charge in [-0.25, -0.2) is 17.5 Å². The number of nitrogens with one attached hydrogen (secondary N) is 1. The Morgan fingerprint density at radius 2 is 1.96 bits per heavy atom. The molecular weight excluding hydrogens is 349 g/mol. The van der Waals surface area contributed by atoms with E-state index in [0.717, 1.165) is 12.1 Å². The van der Waals surface area contributed by atoms with Crippen molar-refractivity contribution in [1.82, 2.24) is 4.72 Å². The summed E-state index contributed by atoms with van der Waals surface area (Å²) in [6.45, 7) is 1.71. The Hall–Kier alpha value is -2.16. The predicted octanol–water partition coefficient (Wildman–Crippen LogP) is 2.26. The van der Waals surface area contributed by atoms with E-state index in [4.69, 9.17) is 9.47 Å². The SMILES string of the molecule is Cc1cc(F)ccc1S(=O)(=O)NCC[C@H](O)c1ccc2c(c1)OCO2. The van der Waals surface area contributed by atoms with Crippen LogP contribution in [0.5, 0.6) is 11.5 Å². The number of sulfonamides is 1. The molecule has 0 aliphatic carbocycles. The Labute approximate surface area is 145 Å². The first-order valence-electron chi connectivity index (χ1n) is 7.70. The number of fused-ring (bicyclic) bond motifs is 1. The molecule has 2 aromatic rings. The van der Waals surface area contributed by atoms with Crippen LogP contribution in [-0.4, -0.2) is 26.9 Å². The molecule has 3 rings (SSSR count). The molecule has 25 heavy (non-hydrogen) atoms. The highest BCUT2D eigenvalue weighted by molar-refractivity contribution is 7.89. The Morgan fingerprint density at radius 1 is 1.20 bits per heavy atom. The van der Waals surface area contributed by atoms with Crippen LogP contribution in [0.2, 0.25) is 0 Å². The first-order chi connectivity index (χ1) is 11.9. The quantitative estimate of drug-likeness (QED) is 0.818. The van der Waals surface area contributed by atoms with Gasteiger partial charge in [0.25, 0.3) is 0 Å². The molecule has 0 bridgehead atoms. The monoisotopic (exact) mass is 367 g/mol. The highest BCUT2D eigenvalue weighted by Gasteiger charge is 2.19. The molecule has 0 amide bonds. The highest BCUT2D eigenvalue weighted by Crippen LogP contribution is 2.34. The van der Waals surface area contributed by atoms with Crippen molar-refractivity contribution < 1.29 is 27.4 Å². The summed E-state index contributed by atoms with van der Waals surface area (Å²) in [7, 11) is -3.77. The maximum Gasteiger partial charge on any atom is 0.240 e. The molecule has 1 aliphatic rings. The van der Waals surface area contributed by atoms with Gasteiger partial charge in [-0.05, 0) is 54.8 Å². The van der Waals surface area contributed by atoms with Crippen LogP contribution < -0.4 is 14.2 Å². The molecule has 0 radical (unpaired) electrons. The third-order valence-corrected chi connectivity index (χ3v) is 5.54. The molecule has 2 aromatic carbocycles. The summed E-state index contributed by atoms with van der Waals surface area (Å²) in [5.74, 6) is 0.678. The van der Waals surface area contributed by atoms with Gasteiger partial charge < -0.3 is 14.6 Å². The summed E-state index contributed by atoms with van der Waals surface area (Å²) < 4.78 is 50.6. The fourth-order valence-corrected chi connectivity index (χ4v) is 3.88. The van der Waals surface area contributed by atoms with Crippen molar-refractivity contribution in [1.29, 1.82) is 0 Å². The summed E-state index contributed by atoms with van der Waals surface area (Å²) in [6, 6.07) is 8.57. The van der Waals surface area contributed by atoms with Crippen LogP contribution in [0.1, 0.15) is 23.7 Å². The topological polar surface area (TPSA) is 84.9 Å². The Morgan fingerprint density at radius 3 is 2.72 bits per heavy atom. The lowest BCUT2D eigenvalue weighted by Gasteiger charge is -2.13. The summed E-state index contributed by atoms with van der Waals surface area (Å²) in [4.78, 5) is 0.0199. The second kappa shape index (κ2) is 6.99. The minimum absolute atomic E-state index is 0.0199. The fraction of sp³-hybridized carbons (Fsp3) is 0.294. The Balaban J connectivity index is 1.62. The summed E-state index contributed by atoms with van der Waals surface area (Å²) in [6.07, 6.45) is -0.675. The van der Waals surface area contributed by atoms with Crippen LogP contribution in [-0.2, 0) is 10.0 Å². The van der Waals surface area contributed by atoms with Gasteiger partial charge in [0.1, 0.15) is 5.82 Å². The molecule has 1 aliphatic heterocycles. The predicted molar refractivity (Wildman–Crippen MR) is 88.5 cm³/mol. The zero-order valence-corrected chi connectivity index (χ0v) is 14.3. The van der Waals surface area contributed by atoms with Gasteiger partial charge in [-0.2, -0.15) is 0 Å². The van der Waals surface area contributed by atoms with E-state index < -0.39 is 21.9 Å². The lowest BCUT2D eigenvalue weighted by atomic mass is 10.1. The number of hydrogen-bond acceptors (Lipinski definition) is 5. The molecule has 2 N–H and O–H groups in total. The van der Waals surface area contributed by atoms with E-state index >= 15 is 0 Å². The van der Waals surface area contributed by atoms with Crippen LogP contribution in [0.4, 0.5) is 4.39 Å². The van der Waals surface area contributed by atoms with Gasteiger partial charge in [0.15, 0.2) is 11.5 Å². The first kappa shape index (κ1) is 17.7. The van der Waals surface area contributed by atoms with Crippen molar-refractivity contribution in [3.05, 3.63) is 53.3 Å². The smallest absolute Gasteiger partial charge is 0.240 e. The largest absolute Gasteiger partial charge is 0.454 e. The van der Waals surface area contributed by atoms with E-state index in [1.54, 1.807) is 18.2 Å². The number of aliphatic hydroxyl groups excluding tert-OH is 1. The highest BCUT2D eigenvalue weighted by atomic mass is 32.2. The van der Waals surface area contributed by atoms with Crippen LogP contribution >= 0.6 is 0 Å². The maximum atomic E-state index is 13.1. The number of aliphatic hydroxyl groups is 1. The number of rotatable bonds is 6. The lowest BCUT2D eigenvalue weighted by Crippen LogP contribution is -2.26. The first-order valence-corrected chi connectivity index (χ1v) is 9.18. The maximum absolute atomic E-state index is 13.1. The minimum Gasteiger partial charge on any atom is -0.454 e. The molecule has 0 saturated carbocycles. The van der Waals surface area contributed by atoms with Crippen LogP contribution in [0.25, 0.3) is 0 Å². The fourth-order valence-electron chi connectivity index (χ4n) is 2.61. The van der Waals surface area contributed by atoms with Crippen molar-refractivity contribution in [3.8, 4) is 11.5 Å². The molecule has 8 heteroatoms. The van der Waals surface area contributed by atoms with E-state index in [1.807, 2.05) is 0 Å². The molecule has 0 unspecified atom stereocenters. The van der Waals surface area contributed by atoms with Crippen molar-refractivity contribution in [2.75, 3.05) is 13.3 Å². The summed E-state index contributed by atoms with van der Waals surface area (Å²) in [5, 5.41) is 10.2. The molecular formula is C17H18FNO5S.